The van der Waals surface area contributed by atoms with Crippen LogP contribution < -0.4 is 10.6 Å². The molecule has 11 heteroatoms. The van der Waals surface area contributed by atoms with E-state index in [4.69, 9.17) is 4.74 Å². The third kappa shape index (κ3) is 6.16. The first kappa shape index (κ1) is 28.2. The van der Waals surface area contributed by atoms with Gasteiger partial charge < -0.3 is 20.3 Å². The van der Waals surface area contributed by atoms with Gasteiger partial charge in [0.15, 0.2) is 5.69 Å². The number of aromatic nitrogens is 2. The fraction of sp³-hybridized carbons (Fsp3) is 0.633. The van der Waals surface area contributed by atoms with Crippen molar-refractivity contribution in [3.8, 4) is 11.3 Å². The highest BCUT2D eigenvalue weighted by atomic mass is 19.4. The third-order valence-corrected chi connectivity index (χ3v) is 9.11. The number of nitrogens with one attached hydrogen (secondary N) is 2. The van der Waals surface area contributed by atoms with E-state index in [1.54, 1.807) is 10.7 Å². The van der Waals surface area contributed by atoms with Crippen LogP contribution in [0.25, 0.3) is 11.3 Å². The maximum atomic E-state index is 13.9. The van der Waals surface area contributed by atoms with Crippen LogP contribution in [0.4, 0.5) is 13.2 Å². The molecule has 1 atom stereocenters. The van der Waals surface area contributed by atoms with Crippen molar-refractivity contribution in [3.05, 3.63) is 41.6 Å². The van der Waals surface area contributed by atoms with Crippen LogP contribution in [0, 0.1) is 5.41 Å². The summed E-state index contributed by atoms with van der Waals surface area (Å²) in [5, 5.41) is 10.6. The second kappa shape index (κ2) is 11.4. The fourth-order valence-electron chi connectivity index (χ4n) is 6.61. The summed E-state index contributed by atoms with van der Waals surface area (Å²) in [6.07, 6.45) is 2.79. The molecule has 3 heterocycles. The average Bonchev–Trinajstić information content (AvgIpc) is 3.54. The average molecular weight is 574 g/mol. The van der Waals surface area contributed by atoms with Gasteiger partial charge in [-0.3, -0.25) is 14.3 Å². The van der Waals surface area contributed by atoms with Crippen LogP contribution in [0.2, 0.25) is 0 Å². The van der Waals surface area contributed by atoms with Crippen molar-refractivity contribution in [3.63, 3.8) is 0 Å². The number of carbonyl (C=O) groups is 2. The molecule has 1 aromatic carbocycles. The van der Waals surface area contributed by atoms with Crippen LogP contribution in [0.3, 0.4) is 0 Å². The lowest BCUT2D eigenvalue weighted by molar-refractivity contribution is -0.189. The van der Waals surface area contributed by atoms with E-state index < -0.39 is 23.7 Å². The summed E-state index contributed by atoms with van der Waals surface area (Å²) < 4.78 is 48.7. The van der Waals surface area contributed by atoms with Gasteiger partial charge in [0.1, 0.15) is 0 Å². The number of carbonyl (C=O) groups excluding carboxylic acids is 2. The predicted molar refractivity (Wildman–Crippen MR) is 146 cm³/mol. The molecule has 0 radical (unpaired) electrons. The van der Waals surface area contributed by atoms with E-state index in [0.29, 0.717) is 12.1 Å². The van der Waals surface area contributed by atoms with Crippen LogP contribution >= 0.6 is 0 Å². The number of amides is 2. The number of rotatable bonds is 10. The van der Waals surface area contributed by atoms with Crippen molar-refractivity contribution in [1.29, 1.82) is 0 Å². The van der Waals surface area contributed by atoms with Gasteiger partial charge in [-0.2, -0.15) is 18.3 Å². The molecule has 41 heavy (non-hydrogen) atoms. The summed E-state index contributed by atoms with van der Waals surface area (Å²) in [5.74, 6) is -0.565. The molecule has 8 nitrogen and oxygen atoms in total. The van der Waals surface area contributed by atoms with Crippen LogP contribution in [0.5, 0.6) is 0 Å². The Balaban J connectivity index is 1.20. The first-order valence-electron chi connectivity index (χ1n) is 14.9. The zero-order valence-corrected chi connectivity index (χ0v) is 23.2. The first-order chi connectivity index (χ1) is 19.7. The molecule has 222 valence electrons. The van der Waals surface area contributed by atoms with Crippen molar-refractivity contribution in [2.45, 2.75) is 82.1 Å². The van der Waals surface area contributed by atoms with E-state index in [2.05, 4.69) is 20.6 Å². The normalized spacial score (nSPS) is 21.6. The summed E-state index contributed by atoms with van der Waals surface area (Å²) in [4.78, 5) is 28.6. The van der Waals surface area contributed by atoms with E-state index in [1.807, 2.05) is 0 Å². The Hall–Kier alpha value is -2.92. The number of likely N-dealkylation sites (tertiary alicyclic amines) is 1. The zero-order valence-electron chi connectivity index (χ0n) is 23.2. The Morgan fingerprint density at radius 2 is 1.80 bits per heavy atom. The standard InChI is InChI=1S/C30H38F3N5O3/c31-30(32,33)24-11-4-3-10-23(24)26-15-25(36-38(26)22-8-1-2-9-22)28(40)35-21(14-27(39)34-20-6-5-7-20)12-13-37-16-29(17-37)18-41-19-29/h3-4,10-11,15,20-22H,1-2,5-9,12-14,16-19H2,(H,34,39)(H,35,40)/t21-/m0/s1. The van der Waals surface area contributed by atoms with Crippen molar-refractivity contribution in [2.24, 2.45) is 5.41 Å². The third-order valence-electron chi connectivity index (χ3n) is 9.11. The van der Waals surface area contributed by atoms with Gasteiger partial charge in [0, 0.05) is 49.1 Å². The van der Waals surface area contributed by atoms with E-state index in [1.165, 1.54) is 18.2 Å². The monoisotopic (exact) mass is 573 g/mol. The maximum Gasteiger partial charge on any atom is 0.417 e. The van der Waals surface area contributed by atoms with E-state index in [9.17, 15) is 22.8 Å². The van der Waals surface area contributed by atoms with Crippen molar-refractivity contribution < 1.29 is 27.5 Å². The number of alkyl halides is 3. The topological polar surface area (TPSA) is 88.5 Å². The second-order valence-electron chi connectivity index (χ2n) is 12.4. The Kier molecular flexibility index (Phi) is 7.84. The summed E-state index contributed by atoms with van der Waals surface area (Å²) in [5.41, 5.74) is -0.0932. The molecule has 2 saturated carbocycles. The second-order valence-corrected chi connectivity index (χ2v) is 12.4. The van der Waals surface area contributed by atoms with E-state index >= 15 is 0 Å². The van der Waals surface area contributed by atoms with Crippen molar-refractivity contribution >= 4 is 11.8 Å². The summed E-state index contributed by atoms with van der Waals surface area (Å²) in [7, 11) is 0. The van der Waals surface area contributed by atoms with Gasteiger partial charge in [0.05, 0.1) is 30.5 Å². The minimum Gasteiger partial charge on any atom is -0.380 e. The number of ether oxygens (including phenoxy) is 1. The highest BCUT2D eigenvalue weighted by molar-refractivity contribution is 5.94. The summed E-state index contributed by atoms with van der Waals surface area (Å²) >= 11 is 0. The SMILES string of the molecule is O=C(C[C@H](CCN1CC2(COC2)C1)NC(=O)c1cc(-c2ccccc2C(F)(F)F)n(C2CCCC2)n1)NC1CCC1. The smallest absolute Gasteiger partial charge is 0.380 e. The van der Waals surface area contributed by atoms with Crippen molar-refractivity contribution in [1.82, 2.24) is 25.3 Å². The van der Waals surface area contributed by atoms with Crippen LogP contribution in [-0.4, -0.2) is 71.4 Å². The van der Waals surface area contributed by atoms with Gasteiger partial charge in [0.2, 0.25) is 5.91 Å². The molecule has 2 N–H and O–H groups in total. The molecular weight excluding hydrogens is 535 g/mol. The lowest BCUT2D eigenvalue weighted by Gasteiger charge is -2.55. The molecule has 4 fully saturated rings. The molecule has 4 aliphatic rings. The van der Waals surface area contributed by atoms with E-state index in [-0.39, 0.29) is 41.1 Å². The molecule has 2 aliphatic carbocycles. The van der Waals surface area contributed by atoms with E-state index in [0.717, 1.165) is 83.9 Å². The van der Waals surface area contributed by atoms with Crippen LogP contribution in [0.1, 0.15) is 79.9 Å². The molecule has 1 spiro atoms. The van der Waals surface area contributed by atoms with Gasteiger partial charge in [-0.1, -0.05) is 31.0 Å². The quantitative estimate of drug-likeness (QED) is 0.435. The number of benzene rings is 1. The molecule has 0 unspecified atom stereocenters. The van der Waals surface area contributed by atoms with Crippen LogP contribution in [0.15, 0.2) is 30.3 Å². The molecule has 2 aromatic rings. The molecule has 6 rings (SSSR count). The maximum absolute atomic E-state index is 13.9. The fourth-order valence-corrected chi connectivity index (χ4v) is 6.61. The Bertz CT molecular complexity index is 1260. The highest BCUT2D eigenvalue weighted by Crippen LogP contribution is 2.40. The molecule has 2 saturated heterocycles. The van der Waals surface area contributed by atoms with Gasteiger partial charge >= 0.3 is 6.18 Å². The molecule has 2 aliphatic heterocycles. The van der Waals surface area contributed by atoms with Gasteiger partial charge in [-0.15, -0.1) is 0 Å². The Labute approximate surface area is 238 Å². The number of nitrogens with zero attached hydrogens (tertiary/aromatic N) is 3. The highest BCUT2D eigenvalue weighted by Gasteiger charge is 2.48. The minimum atomic E-state index is -4.54. The molecule has 1 aromatic heterocycles. The lowest BCUT2D eigenvalue weighted by atomic mass is 9.78. The Morgan fingerprint density at radius 3 is 2.44 bits per heavy atom. The lowest BCUT2D eigenvalue weighted by Crippen LogP contribution is -2.66. The Morgan fingerprint density at radius 1 is 1.07 bits per heavy atom. The predicted octanol–water partition coefficient (Wildman–Crippen LogP) is 4.56. The molecule has 2 amide bonds. The molecule has 0 bridgehead atoms. The number of hydrogen-bond donors (Lipinski definition) is 2. The van der Waals surface area contributed by atoms with Gasteiger partial charge in [-0.05, 0) is 50.7 Å². The zero-order chi connectivity index (χ0) is 28.6. The first-order valence-corrected chi connectivity index (χ1v) is 14.9. The summed E-state index contributed by atoms with van der Waals surface area (Å²) in [6, 6.07) is 6.63. The number of hydrogen-bond acceptors (Lipinski definition) is 5. The number of halogens is 3. The van der Waals surface area contributed by atoms with Gasteiger partial charge in [0.25, 0.3) is 5.91 Å². The largest absolute Gasteiger partial charge is 0.417 e. The van der Waals surface area contributed by atoms with Gasteiger partial charge in [-0.25, -0.2) is 0 Å². The minimum absolute atomic E-state index is 0.0153. The van der Waals surface area contributed by atoms with Crippen molar-refractivity contribution in [2.75, 3.05) is 32.8 Å². The van der Waals surface area contributed by atoms with Crippen LogP contribution in [-0.2, 0) is 15.7 Å². The summed E-state index contributed by atoms with van der Waals surface area (Å²) in [6.45, 7) is 4.23. The molecular formula is C30H38F3N5O3.